The Hall–Kier alpha value is -1.45. The molecule has 2 aromatic rings. The molecule has 0 bridgehead atoms. The van der Waals surface area contributed by atoms with Crippen LogP contribution in [0, 0.1) is 6.92 Å². The number of hydrogen-bond donors (Lipinski definition) is 1. The van der Waals surface area contributed by atoms with Crippen molar-refractivity contribution in [3.05, 3.63) is 46.2 Å². The second-order valence-corrected chi connectivity index (χ2v) is 8.75. The zero-order chi connectivity index (χ0) is 18.6. The molecule has 2 heterocycles. The van der Waals surface area contributed by atoms with Gasteiger partial charge in [-0.1, -0.05) is 0 Å². The lowest BCUT2D eigenvalue weighted by Crippen LogP contribution is -2.43. The fraction of sp³-hybridized carbons (Fsp3) is 0.444. The Bertz CT molecular complexity index is 816. The van der Waals surface area contributed by atoms with Gasteiger partial charge in [0.15, 0.2) is 0 Å². The predicted octanol–water partition coefficient (Wildman–Crippen LogP) is 2.42. The molecule has 0 unspecified atom stereocenters. The number of sulfonamides is 1. The molecular weight excluding hydrogens is 372 g/mol. The Morgan fingerprint density at radius 1 is 1.31 bits per heavy atom. The van der Waals surface area contributed by atoms with Gasteiger partial charge in [0.2, 0.25) is 10.0 Å². The predicted molar refractivity (Wildman–Crippen MR) is 102 cm³/mol. The minimum absolute atomic E-state index is 0.000676. The quantitative estimate of drug-likeness (QED) is 0.778. The lowest BCUT2D eigenvalue weighted by Gasteiger charge is -2.34. The second kappa shape index (κ2) is 8.49. The molecule has 3 rings (SSSR count). The lowest BCUT2D eigenvalue weighted by molar-refractivity contribution is 0.0173. The third-order valence-corrected chi connectivity index (χ3v) is 6.68. The molecule has 0 spiro atoms. The van der Waals surface area contributed by atoms with Crippen LogP contribution in [0.3, 0.4) is 0 Å². The maximum absolute atomic E-state index is 12.7. The molecule has 1 saturated heterocycles. The van der Waals surface area contributed by atoms with Crippen molar-refractivity contribution in [3.8, 4) is 5.75 Å². The highest BCUT2D eigenvalue weighted by Crippen LogP contribution is 2.25. The molecule has 142 valence electrons. The van der Waals surface area contributed by atoms with Crippen LogP contribution in [0.25, 0.3) is 0 Å². The molecular formula is C18H24N2O4S2. The average molecular weight is 397 g/mol. The maximum atomic E-state index is 12.7. The van der Waals surface area contributed by atoms with Gasteiger partial charge < -0.3 is 9.47 Å². The first-order valence-corrected chi connectivity index (χ1v) is 10.9. The fourth-order valence-electron chi connectivity index (χ4n) is 3.10. The van der Waals surface area contributed by atoms with Gasteiger partial charge in [-0.25, -0.2) is 13.1 Å². The van der Waals surface area contributed by atoms with Crippen molar-refractivity contribution in [2.45, 2.75) is 17.9 Å². The first-order valence-electron chi connectivity index (χ1n) is 8.49. The summed E-state index contributed by atoms with van der Waals surface area (Å²) in [6.07, 6.45) is 0. The van der Waals surface area contributed by atoms with Crippen molar-refractivity contribution >= 4 is 21.4 Å². The standard InChI is InChI=1S/C18H24N2O4S2/c1-14-11-16(3-4-18(14)23-2)26(21,22)19-12-17(15-5-10-25-13-15)20-6-8-24-9-7-20/h3-5,10-11,13,17,19H,6-9,12H2,1-2H3/t17-/m0/s1. The second-order valence-electron chi connectivity index (χ2n) is 6.20. The number of hydrogen-bond acceptors (Lipinski definition) is 6. The first kappa shape index (κ1) is 19.3. The molecule has 1 aliphatic rings. The summed E-state index contributed by atoms with van der Waals surface area (Å²) >= 11 is 1.62. The zero-order valence-electron chi connectivity index (χ0n) is 15.0. The summed E-state index contributed by atoms with van der Waals surface area (Å²) in [5.74, 6) is 0.674. The fourth-order valence-corrected chi connectivity index (χ4v) is 4.93. The molecule has 0 aliphatic carbocycles. The number of aryl methyl sites for hydroxylation is 1. The Kier molecular flexibility index (Phi) is 6.31. The Balaban J connectivity index is 1.76. The van der Waals surface area contributed by atoms with E-state index >= 15 is 0 Å². The number of rotatable bonds is 7. The van der Waals surface area contributed by atoms with Gasteiger partial charge in [0.05, 0.1) is 25.2 Å². The van der Waals surface area contributed by atoms with Crippen LogP contribution in [-0.4, -0.2) is 53.3 Å². The molecule has 1 aromatic carbocycles. The van der Waals surface area contributed by atoms with E-state index in [0.29, 0.717) is 25.5 Å². The summed E-state index contributed by atoms with van der Waals surface area (Å²) in [4.78, 5) is 2.52. The Labute approximate surface area is 158 Å². The van der Waals surface area contributed by atoms with Crippen LogP contribution in [0.4, 0.5) is 0 Å². The number of thiophene rings is 1. The van der Waals surface area contributed by atoms with E-state index in [1.165, 1.54) is 0 Å². The van der Waals surface area contributed by atoms with Crippen molar-refractivity contribution < 1.29 is 17.9 Å². The van der Waals surface area contributed by atoms with Gasteiger partial charge >= 0.3 is 0 Å². The van der Waals surface area contributed by atoms with E-state index in [4.69, 9.17) is 9.47 Å². The van der Waals surface area contributed by atoms with Crippen LogP contribution < -0.4 is 9.46 Å². The lowest BCUT2D eigenvalue weighted by atomic mass is 10.1. The Morgan fingerprint density at radius 2 is 2.08 bits per heavy atom. The average Bonchev–Trinajstić information content (AvgIpc) is 3.17. The summed E-state index contributed by atoms with van der Waals surface area (Å²) in [5.41, 5.74) is 1.92. The van der Waals surface area contributed by atoms with Gasteiger partial charge in [0.1, 0.15) is 5.75 Å². The third kappa shape index (κ3) is 4.44. The normalized spacial score (nSPS) is 17.2. The van der Waals surface area contributed by atoms with Gasteiger partial charge in [-0.3, -0.25) is 4.90 Å². The SMILES string of the molecule is COc1ccc(S(=O)(=O)NC[C@@H](c2ccsc2)N2CCOCC2)cc1C. The van der Waals surface area contributed by atoms with Crippen molar-refractivity contribution in [2.75, 3.05) is 40.0 Å². The summed E-state index contributed by atoms with van der Waals surface area (Å²) in [6.45, 7) is 5.09. The highest BCUT2D eigenvalue weighted by molar-refractivity contribution is 7.89. The number of nitrogens with zero attached hydrogens (tertiary/aromatic N) is 1. The van der Waals surface area contributed by atoms with Crippen molar-refractivity contribution in [1.82, 2.24) is 9.62 Å². The number of nitrogens with one attached hydrogen (secondary N) is 1. The molecule has 1 aliphatic heterocycles. The minimum atomic E-state index is -3.59. The van der Waals surface area contributed by atoms with E-state index in [9.17, 15) is 8.42 Å². The van der Waals surface area contributed by atoms with E-state index in [1.807, 2.05) is 12.3 Å². The van der Waals surface area contributed by atoms with E-state index < -0.39 is 10.0 Å². The summed E-state index contributed by atoms with van der Waals surface area (Å²) < 4.78 is 38.9. The van der Waals surface area contributed by atoms with Gasteiger partial charge in [0.25, 0.3) is 0 Å². The summed E-state index contributed by atoms with van der Waals surface area (Å²) in [5, 5.41) is 4.09. The van der Waals surface area contributed by atoms with Crippen LogP contribution in [0.1, 0.15) is 17.2 Å². The number of morpholine rings is 1. The molecule has 26 heavy (non-hydrogen) atoms. The summed E-state index contributed by atoms with van der Waals surface area (Å²) in [7, 11) is -2.02. The molecule has 8 heteroatoms. The summed E-state index contributed by atoms with van der Waals surface area (Å²) in [6, 6.07) is 6.94. The molecule has 1 N–H and O–H groups in total. The molecule has 0 saturated carbocycles. The number of benzene rings is 1. The highest BCUT2D eigenvalue weighted by atomic mass is 32.2. The third-order valence-electron chi connectivity index (χ3n) is 4.56. The molecule has 0 amide bonds. The maximum Gasteiger partial charge on any atom is 0.240 e. The largest absolute Gasteiger partial charge is 0.496 e. The topological polar surface area (TPSA) is 67.9 Å². The number of methoxy groups -OCH3 is 1. The highest BCUT2D eigenvalue weighted by Gasteiger charge is 2.25. The van der Waals surface area contributed by atoms with Crippen LogP contribution in [0.5, 0.6) is 5.75 Å². The van der Waals surface area contributed by atoms with Crippen molar-refractivity contribution in [3.63, 3.8) is 0 Å². The molecule has 1 atom stereocenters. The van der Waals surface area contributed by atoms with Gasteiger partial charge in [0, 0.05) is 25.7 Å². The minimum Gasteiger partial charge on any atom is -0.496 e. The molecule has 1 fully saturated rings. The van der Waals surface area contributed by atoms with Crippen LogP contribution in [-0.2, 0) is 14.8 Å². The van der Waals surface area contributed by atoms with Gasteiger partial charge in [-0.2, -0.15) is 11.3 Å². The monoisotopic (exact) mass is 396 g/mol. The zero-order valence-corrected chi connectivity index (χ0v) is 16.6. The van der Waals surface area contributed by atoms with Gasteiger partial charge in [-0.05, 0) is 53.1 Å². The van der Waals surface area contributed by atoms with Gasteiger partial charge in [-0.15, -0.1) is 0 Å². The molecule has 0 radical (unpaired) electrons. The van der Waals surface area contributed by atoms with E-state index in [-0.39, 0.29) is 10.9 Å². The molecule has 6 nitrogen and oxygen atoms in total. The Morgan fingerprint density at radius 3 is 2.69 bits per heavy atom. The van der Waals surface area contributed by atoms with Crippen LogP contribution in [0.15, 0.2) is 39.9 Å². The van der Waals surface area contributed by atoms with Crippen LogP contribution >= 0.6 is 11.3 Å². The molecule has 1 aromatic heterocycles. The first-order chi connectivity index (χ1) is 12.5. The van der Waals surface area contributed by atoms with E-state index in [0.717, 1.165) is 24.2 Å². The number of ether oxygens (including phenoxy) is 2. The van der Waals surface area contributed by atoms with Crippen LogP contribution in [0.2, 0.25) is 0 Å². The van der Waals surface area contributed by atoms with E-state index in [2.05, 4.69) is 21.1 Å². The van der Waals surface area contributed by atoms with Crippen molar-refractivity contribution in [1.29, 1.82) is 0 Å². The van der Waals surface area contributed by atoms with Crippen molar-refractivity contribution in [2.24, 2.45) is 0 Å². The van der Waals surface area contributed by atoms with E-state index in [1.54, 1.807) is 36.6 Å². The smallest absolute Gasteiger partial charge is 0.240 e.